The van der Waals surface area contributed by atoms with E-state index in [9.17, 15) is 9.59 Å². The van der Waals surface area contributed by atoms with Crippen LogP contribution >= 0.6 is 0 Å². The van der Waals surface area contributed by atoms with Gasteiger partial charge in [-0.1, -0.05) is 30.3 Å². The van der Waals surface area contributed by atoms with E-state index in [0.717, 1.165) is 0 Å². The third-order valence-corrected chi connectivity index (χ3v) is 3.75. The first kappa shape index (κ1) is 27.2. The van der Waals surface area contributed by atoms with Gasteiger partial charge in [-0.3, -0.25) is 4.79 Å². The quantitative estimate of drug-likeness (QED) is 0.121. The molecular formula is C22H34O9. The first-order valence-corrected chi connectivity index (χ1v) is 10.5. The van der Waals surface area contributed by atoms with Gasteiger partial charge >= 0.3 is 5.97 Å². The number of Topliss-reactive ketones (excluding diaryl/α,β-unsaturated/α-hetero) is 1. The highest BCUT2D eigenvalue weighted by atomic mass is 16.6. The predicted octanol–water partition coefficient (Wildman–Crippen LogP) is 1.53. The van der Waals surface area contributed by atoms with Gasteiger partial charge in [-0.2, -0.15) is 0 Å². The van der Waals surface area contributed by atoms with Crippen molar-refractivity contribution in [3.8, 4) is 0 Å². The van der Waals surface area contributed by atoms with Gasteiger partial charge in [-0.05, 0) is 6.92 Å². The van der Waals surface area contributed by atoms with Crippen LogP contribution in [0.1, 0.15) is 17.3 Å². The number of hydrogen-bond acceptors (Lipinski definition) is 9. The Morgan fingerprint density at radius 2 is 0.968 bits per heavy atom. The summed E-state index contributed by atoms with van der Waals surface area (Å²) < 4.78 is 36.8. The van der Waals surface area contributed by atoms with Crippen molar-refractivity contribution >= 4 is 11.8 Å². The molecule has 0 aromatic heterocycles. The minimum Gasteiger partial charge on any atom is -0.457 e. The number of ketones is 1. The fourth-order valence-electron chi connectivity index (χ4n) is 2.21. The van der Waals surface area contributed by atoms with E-state index in [4.69, 9.17) is 33.2 Å². The Labute approximate surface area is 183 Å². The Hall–Kier alpha value is -1.88. The zero-order valence-corrected chi connectivity index (χ0v) is 18.3. The maximum atomic E-state index is 11.8. The lowest BCUT2D eigenvalue weighted by Crippen LogP contribution is -2.20. The summed E-state index contributed by atoms with van der Waals surface area (Å²) >= 11 is 0. The van der Waals surface area contributed by atoms with E-state index in [-0.39, 0.29) is 13.2 Å². The first-order chi connectivity index (χ1) is 15.3. The van der Waals surface area contributed by atoms with Crippen molar-refractivity contribution in [2.24, 2.45) is 0 Å². The Kier molecular flexibility index (Phi) is 17.6. The molecule has 0 saturated heterocycles. The van der Waals surface area contributed by atoms with E-state index in [0.29, 0.717) is 78.2 Å². The molecule has 0 heterocycles. The molecule has 0 aliphatic rings. The minimum absolute atomic E-state index is 0.0120. The zero-order chi connectivity index (χ0) is 22.4. The summed E-state index contributed by atoms with van der Waals surface area (Å²) in [6.45, 7) is 7.77. The Balaban J connectivity index is 1.78. The maximum absolute atomic E-state index is 11.8. The SMILES string of the molecule is CCOCCOCCOCCOCCOCCOCCOC(=O)C(=O)c1ccccc1. The Morgan fingerprint density at radius 3 is 1.39 bits per heavy atom. The third-order valence-electron chi connectivity index (χ3n) is 3.75. The first-order valence-electron chi connectivity index (χ1n) is 10.5. The van der Waals surface area contributed by atoms with E-state index in [2.05, 4.69) is 0 Å². The average Bonchev–Trinajstić information content (AvgIpc) is 2.80. The molecule has 176 valence electrons. The Morgan fingerprint density at radius 1 is 0.581 bits per heavy atom. The molecule has 1 rings (SSSR count). The standard InChI is InChI=1S/C22H34O9/c1-2-25-8-9-26-10-11-27-12-13-28-14-15-29-16-17-30-18-19-31-22(24)21(23)20-6-4-3-5-7-20/h3-7H,2,8-19H2,1H3. The topological polar surface area (TPSA) is 98.8 Å². The summed E-state index contributed by atoms with van der Waals surface area (Å²) in [4.78, 5) is 23.4. The van der Waals surface area contributed by atoms with Gasteiger partial charge in [-0.25, -0.2) is 4.79 Å². The maximum Gasteiger partial charge on any atom is 0.379 e. The minimum atomic E-state index is -0.888. The van der Waals surface area contributed by atoms with Crippen LogP contribution in [0, 0.1) is 0 Å². The molecule has 31 heavy (non-hydrogen) atoms. The largest absolute Gasteiger partial charge is 0.457 e. The van der Waals surface area contributed by atoms with Crippen molar-refractivity contribution in [3.63, 3.8) is 0 Å². The second kappa shape index (κ2) is 20.0. The summed E-state index contributed by atoms with van der Waals surface area (Å²) in [6, 6.07) is 8.27. The van der Waals surface area contributed by atoms with Crippen molar-refractivity contribution in [3.05, 3.63) is 35.9 Å². The number of rotatable bonds is 21. The van der Waals surface area contributed by atoms with Gasteiger partial charge in [0.2, 0.25) is 0 Å². The fourth-order valence-corrected chi connectivity index (χ4v) is 2.21. The molecule has 0 atom stereocenters. The van der Waals surface area contributed by atoms with Crippen LogP contribution < -0.4 is 0 Å². The molecule has 0 bridgehead atoms. The predicted molar refractivity (Wildman–Crippen MR) is 112 cm³/mol. The molecule has 0 saturated carbocycles. The number of carbonyl (C=O) groups excluding carboxylic acids is 2. The van der Waals surface area contributed by atoms with Crippen molar-refractivity contribution in [1.82, 2.24) is 0 Å². The summed E-state index contributed by atoms with van der Waals surface area (Å²) in [7, 11) is 0. The molecule has 9 nitrogen and oxygen atoms in total. The molecule has 9 heteroatoms. The van der Waals surface area contributed by atoms with Gasteiger partial charge in [0.1, 0.15) is 6.61 Å². The number of carbonyl (C=O) groups is 2. The summed E-state index contributed by atoms with van der Waals surface area (Å²) in [5, 5.41) is 0. The second-order valence-electron chi connectivity index (χ2n) is 6.09. The molecule has 0 radical (unpaired) electrons. The van der Waals surface area contributed by atoms with Gasteiger partial charge in [0.15, 0.2) is 0 Å². The van der Waals surface area contributed by atoms with Gasteiger partial charge < -0.3 is 33.2 Å². The molecule has 0 aliphatic heterocycles. The highest BCUT2D eigenvalue weighted by Gasteiger charge is 2.16. The van der Waals surface area contributed by atoms with Crippen LogP contribution in [-0.2, 0) is 38.0 Å². The molecule has 0 N–H and O–H groups in total. The van der Waals surface area contributed by atoms with Crippen LogP contribution in [0.25, 0.3) is 0 Å². The molecule has 0 aliphatic carbocycles. The average molecular weight is 443 g/mol. The van der Waals surface area contributed by atoms with Crippen LogP contribution in [0.2, 0.25) is 0 Å². The smallest absolute Gasteiger partial charge is 0.379 e. The number of ether oxygens (including phenoxy) is 7. The van der Waals surface area contributed by atoms with Crippen molar-refractivity contribution in [2.45, 2.75) is 6.92 Å². The molecule has 0 spiro atoms. The Bertz CT molecular complexity index is 565. The second-order valence-corrected chi connectivity index (χ2v) is 6.09. The summed E-state index contributed by atoms with van der Waals surface area (Å²) in [5.41, 5.74) is 0.304. The number of esters is 1. The number of benzene rings is 1. The molecule has 1 aromatic carbocycles. The van der Waals surface area contributed by atoms with Crippen LogP contribution in [0.4, 0.5) is 0 Å². The molecule has 0 amide bonds. The van der Waals surface area contributed by atoms with E-state index in [1.807, 2.05) is 6.92 Å². The lowest BCUT2D eigenvalue weighted by Gasteiger charge is -2.08. The van der Waals surface area contributed by atoms with Crippen LogP contribution in [-0.4, -0.2) is 97.6 Å². The van der Waals surface area contributed by atoms with Crippen molar-refractivity contribution < 1.29 is 42.7 Å². The van der Waals surface area contributed by atoms with E-state index < -0.39 is 11.8 Å². The monoisotopic (exact) mass is 442 g/mol. The van der Waals surface area contributed by atoms with Crippen LogP contribution in [0.15, 0.2) is 30.3 Å². The van der Waals surface area contributed by atoms with Crippen LogP contribution in [0.5, 0.6) is 0 Å². The van der Waals surface area contributed by atoms with Gasteiger partial charge in [-0.15, -0.1) is 0 Å². The molecule has 1 aromatic rings. The van der Waals surface area contributed by atoms with Gasteiger partial charge in [0, 0.05) is 12.2 Å². The summed E-state index contributed by atoms with van der Waals surface area (Å²) in [6.07, 6.45) is 0. The normalized spacial score (nSPS) is 10.9. The lowest BCUT2D eigenvalue weighted by atomic mass is 10.1. The highest BCUT2D eigenvalue weighted by molar-refractivity contribution is 6.40. The highest BCUT2D eigenvalue weighted by Crippen LogP contribution is 2.01. The fraction of sp³-hybridized carbons (Fsp3) is 0.636. The number of hydrogen-bond donors (Lipinski definition) is 0. The lowest BCUT2D eigenvalue weighted by molar-refractivity contribution is -0.139. The van der Waals surface area contributed by atoms with Crippen LogP contribution in [0.3, 0.4) is 0 Å². The summed E-state index contributed by atoms with van der Waals surface area (Å²) in [5.74, 6) is -1.55. The van der Waals surface area contributed by atoms with Crippen molar-refractivity contribution in [1.29, 1.82) is 0 Å². The molecule has 0 unspecified atom stereocenters. The third kappa shape index (κ3) is 15.6. The van der Waals surface area contributed by atoms with Gasteiger partial charge in [0.05, 0.1) is 72.7 Å². The van der Waals surface area contributed by atoms with E-state index in [1.54, 1.807) is 30.3 Å². The molecule has 0 fully saturated rings. The van der Waals surface area contributed by atoms with Gasteiger partial charge in [0.25, 0.3) is 5.78 Å². The zero-order valence-electron chi connectivity index (χ0n) is 18.3. The van der Waals surface area contributed by atoms with E-state index >= 15 is 0 Å². The van der Waals surface area contributed by atoms with Crippen molar-refractivity contribution in [2.75, 3.05) is 85.9 Å². The van der Waals surface area contributed by atoms with E-state index in [1.165, 1.54) is 0 Å². The molecular weight excluding hydrogens is 408 g/mol.